The maximum atomic E-state index is 14.4. The topological polar surface area (TPSA) is 264 Å². The molecular weight excluding hydrogens is 1550 g/mol. The number of halogens is 4. The summed E-state index contributed by atoms with van der Waals surface area (Å²) in [6.45, 7) is 22.0. The highest BCUT2D eigenvalue weighted by atomic mass is 35.5. The van der Waals surface area contributed by atoms with Crippen molar-refractivity contribution in [1.82, 2.24) is 44.8 Å². The fourth-order valence-electron chi connectivity index (χ4n) is 15.8. The smallest absolute Gasteiger partial charge is 0.391 e. The van der Waals surface area contributed by atoms with Crippen molar-refractivity contribution >= 4 is 101 Å². The molecule has 113 heavy (non-hydrogen) atoms. The highest BCUT2D eigenvalue weighted by Crippen LogP contribution is 2.45. The largest absolute Gasteiger partial charge is 0.501 e. The number of alkyl halides is 3. The summed E-state index contributed by atoms with van der Waals surface area (Å²) >= 11 is 9.51. The highest BCUT2D eigenvalue weighted by molar-refractivity contribution is 7.99. The number of aliphatic hydroxyl groups is 1. The van der Waals surface area contributed by atoms with E-state index < -0.39 is 82.3 Å². The number of nitrogens with zero attached hydrogens (tertiary/aromatic N) is 7. The van der Waals surface area contributed by atoms with Gasteiger partial charge in [-0.2, -0.15) is 13.2 Å². The molecule has 0 spiro atoms. The van der Waals surface area contributed by atoms with E-state index in [0.29, 0.717) is 108 Å². The number of aromatic nitrogens is 1. The molecule has 0 unspecified atom stereocenters. The van der Waals surface area contributed by atoms with Gasteiger partial charge >= 0.3 is 5.51 Å². The molecule has 6 atom stereocenters. The maximum Gasteiger partial charge on any atom is 0.501 e. The number of ether oxygens (including phenoxy) is 1. The number of hydrogen-bond donors (Lipinski definition) is 5. The van der Waals surface area contributed by atoms with Crippen LogP contribution < -0.4 is 25.6 Å². The monoisotopic (exact) mass is 1650 g/mol. The number of hydrogen-bond acceptors (Lipinski definition) is 19. The molecule has 0 bridgehead atoms. The van der Waals surface area contributed by atoms with Gasteiger partial charge in [0.1, 0.15) is 17.0 Å². The number of carbonyl (C=O) groups is 5. The van der Waals surface area contributed by atoms with Crippen LogP contribution in [-0.2, 0) is 43.8 Å². The van der Waals surface area contributed by atoms with E-state index in [0.717, 1.165) is 121 Å². The van der Waals surface area contributed by atoms with Crippen LogP contribution in [0.3, 0.4) is 0 Å². The number of unbranched alkanes of at least 4 members (excludes halogenated alkanes) is 3. The zero-order valence-electron chi connectivity index (χ0n) is 65.3. The summed E-state index contributed by atoms with van der Waals surface area (Å²) < 4.78 is 105. The van der Waals surface area contributed by atoms with E-state index in [4.69, 9.17) is 16.3 Å². The third-order valence-electron chi connectivity index (χ3n) is 22.3. The minimum atomic E-state index is -6.10. The molecule has 5 heterocycles. The molecule has 22 nitrogen and oxygen atoms in total. The number of morpholine rings is 1. The molecular formula is C83H107ClF3N11O11S4. The van der Waals surface area contributed by atoms with E-state index in [2.05, 4.69) is 59.6 Å². The molecule has 612 valence electrons. The maximum absolute atomic E-state index is 14.4. The lowest BCUT2D eigenvalue weighted by molar-refractivity contribution is -0.144. The molecule has 4 fully saturated rings. The Hall–Kier alpha value is -7.45. The quantitative estimate of drug-likeness (QED) is 0.0194. The minimum absolute atomic E-state index is 0.0208. The Labute approximate surface area is 676 Å². The number of aryl methyl sites for hydroxylation is 1. The van der Waals surface area contributed by atoms with Gasteiger partial charge in [0, 0.05) is 138 Å². The molecule has 5 amide bonds. The van der Waals surface area contributed by atoms with Crippen molar-refractivity contribution in [2.45, 2.75) is 169 Å². The van der Waals surface area contributed by atoms with Crippen LogP contribution >= 0.6 is 34.7 Å². The summed E-state index contributed by atoms with van der Waals surface area (Å²) in [6.07, 6.45) is 6.23. The summed E-state index contributed by atoms with van der Waals surface area (Å²) in [5.74, 6) is -1.43. The van der Waals surface area contributed by atoms with Crippen LogP contribution in [0.4, 0.5) is 24.5 Å². The van der Waals surface area contributed by atoms with E-state index in [1.807, 2.05) is 116 Å². The SMILES string of the molecule is Cc1ncsc1-c1ccc([C@H](C)NC(=O)[C@@H]2C[C@@H](O)CN2C(=O)[C@@H](NC(=O)CCCCCCC(=O)N2CCN(C[C@@]3(C)CCC(c4ccc(Cl)cc4)=C(CN4CCN(c5ccc(C(=O)NS(=O)(=O)c6ccc(N[C@@H](CCSc7ccccc7)CCN7CCOCC7)c(S(=O)(=O)C(F)(F)F)c6)cc5)CC4)C3)CC2)C(C)(C)C)cc1. The number of thioether (sulfide) groups is 1. The van der Waals surface area contributed by atoms with Crippen molar-refractivity contribution in [2.75, 3.05) is 121 Å². The van der Waals surface area contributed by atoms with Gasteiger partial charge in [-0.15, -0.1) is 23.1 Å². The van der Waals surface area contributed by atoms with Gasteiger partial charge in [-0.05, 0) is 164 Å². The van der Waals surface area contributed by atoms with Gasteiger partial charge in [-0.1, -0.05) is 112 Å². The number of benzene rings is 5. The Morgan fingerprint density at radius 3 is 2.09 bits per heavy atom. The van der Waals surface area contributed by atoms with Gasteiger partial charge in [0.25, 0.3) is 25.8 Å². The number of anilines is 2. The number of rotatable bonds is 32. The van der Waals surface area contributed by atoms with E-state index >= 15 is 0 Å². The van der Waals surface area contributed by atoms with Crippen molar-refractivity contribution in [3.05, 3.63) is 160 Å². The zero-order valence-corrected chi connectivity index (χ0v) is 69.3. The Morgan fingerprint density at radius 2 is 1.43 bits per heavy atom. The normalized spacial score (nSPS) is 20.0. The van der Waals surface area contributed by atoms with Gasteiger partial charge in [-0.25, -0.2) is 26.5 Å². The lowest BCUT2D eigenvalue weighted by Crippen LogP contribution is -2.57. The molecule has 1 aromatic heterocycles. The highest BCUT2D eigenvalue weighted by Gasteiger charge is 2.49. The number of thiazole rings is 1. The molecule has 0 radical (unpaired) electrons. The molecule has 5 aromatic carbocycles. The van der Waals surface area contributed by atoms with E-state index in [9.17, 15) is 59.1 Å². The van der Waals surface area contributed by atoms with Gasteiger partial charge in [-0.3, -0.25) is 38.7 Å². The van der Waals surface area contributed by atoms with Crippen LogP contribution in [0.2, 0.25) is 5.02 Å². The Morgan fingerprint density at radius 1 is 0.770 bits per heavy atom. The lowest BCUT2D eigenvalue weighted by Gasteiger charge is -2.44. The third-order valence-corrected chi connectivity index (χ3v) is 27.4. The summed E-state index contributed by atoms with van der Waals surface area (Å²) in [7, 11) is -11.0. The van der Waals surface area contributed by atoms with Crippen LogP contribution in [0.15, 0.2) is 147 Å². The molecule has 4 aliphatic heterocycles. The minimum Gasteiger partial charge on any atom is -0.391 e. The Kier molecular flexibility index (Phi) is 29.5. The fraction of sp³-hybridized carbons (Fsp3) is 0.518. The average molecular weight is 1660 g/mol. The van der Waals surface area contributed by atoms with E-state index in [1.54, 1.807) is 35.2 Å². The molecule has 11 rings (SSSR count). The second kappa shape index (κ2) is 38.5. The molecule has 4 saturated heterocycles. The number of aliphatic hydroxyl groups excluding tert-OH is 1. The Balaban J connectivity index is 0.620. The van der Waals surface area contributed by atoms with E-state index in [-0.39, 0.29) is 54.1 Å². The van der Waals surface area contributed by atoms with Crippen LogP contribution in [-0.4, -0.2) is 221 Å². The van der Waals surface area contributed by atoms with Crippen LogP contribution in [0.25, 0.3) is 16.0 Å². The number of β-amino-alcohol motifs (C(OH)–C–C–N with tert-alkyl or cyclic N) is 1. The van der Waals surface area contributed by atoms with Crippen LogP contribution in [0, 0.1) is 17.8 Å². The average Bonchev–Trinajstić information content (AvgIpc) is 1.36. The number of allylic oxidation sites excluding steroid dienone is 1. The molecule has 0 saturated carbocycles. The molecule has 5 aliphatic rings. The Bertz CT molecular complexity index is 4520. The number of sulfonamides is 1. The fourth-order valence-corrected chi connectivity index (χ4v) is 19.7. The molecule has 6 aromatic rings. The summed E-state index contributed by atoms with van der Waals surface area (Å²) in [6, 6.07) is 31.6. The summed E-state index contributed by atoms with van der Waals surface area (Å²) in [5, 5.41) is 20.5. The first-order valence-corrected chi connectivity index (χ1v) is 44.4. The van der Waals surface area contributed by atoms with Crippen molar-refractivity contribution in [3.8, 4) is 10.4 Å². The predicted octanol–water partition coefficient (Wildman–Crippen LogP) is 12.5. The molecule has 30 heteroatoms. The first-order valence-electron chi connectivity index (χ1n) is 39.2. The van der Waals surface area contributed by atoms with Gasteiger partial charge < -0.3 is 40.5 Å². The van der Waals surface area contributed by atoms with Gasteiger partial charge in [0.15, 0.2) is 0 Å². The van der Waals surface area contributed by atoms with Crippen molar-refractivity contribution < 1.29 is 63.8 Å². The first-order chi connectivity index (χ1) is 53.8. The second-order valence-corrected chi connectivity index (χ2v) is 38.0. The number of likely N-dealkylation sites (tertiary alicyclic amines) is 1. The molecule has 1 aliphatic carbocycles. The number of sulfone groups is 1. The number of carbonyl (C=O) groups excluding carboxylic acids is 5. The number of nitrogens with one attached hydrogen (secondary N) is 4. The lowest BCUT2D eigenvalue weighted by atomic mass is 9.71. The first kappa shape index (κ1) is 86.4. The number of piperazine rings is 2. The van der Waals surface area contributed by atoms with Crippen LogP contribution in [0.5, 0.6) is 0 Å². The standard InChI is InChI=1S/C83H107ClF3N11O11S4/c1-57(59-18-20-61(21-19-59)76-58(2)88-56-111-76)89-79(103)72-50-67(99)54-98(72)80(104)77(81(3,4)5)91-74(100)16-12-7-8-13-17-75(101)97-43-39-95(40-44-97)55-82(6)35-32-70(60-22-26-64(84)27-23-60)63(52-82)53-94-37-41-96(42-38-94)66-28-24-62(25-29-66)78(102)92-113(107,108)69-30-31-71(73(51-69)112(105,106)83(85,86)87)90-65(33-36-93-45-47-109-48-46-93)34-49-110-68-14-10-9-11-15-68/h9-11,14-15,18-31,51,56-57,65,67,72,77,90,99H,7-8,12-13,16-17,32-50,52-55H2,1-6H3,(H,89,103)(H,91,100)(H,92,102)/t57-,65+,67+,72-,77+,82-/m0/s1. The molecule has 5 N–H and O–H groups in total. The van der Waals surface area contributed by atoms with Crippen molar-refractivity contribution in [2.24, 2.45) is 10.8 Å². The van der Waals surface area contributed by atoms with Crippen molar-refractivity contribution in [1.29, 1.82) is 0 Å². The number of amides is 5. The summed E-state index contributed by atoms with van der Waals surface area (Å²) in [4.78, 5) is 85.9. The zero-order chi connectivity index (χ0) is 80.8. The van der Waals surface area contributed by atoms with Gasteiger partial charge in [0.2, 0.25) is 23.6 Å². The van der Waals surface area contributed by atoms with E-state index in [1.165, 1.54) is 28.2 Å². The second-order valence-electron chi connectivity index (χ2n) is 31.9. The third kappa shape index (κ3) is 23.2. The van der Waals surface area contributed by atoms with Gasteiger partial charge in [0.05, 0.1) is 52.0 Å². The summed E-state index contributed by atoms with van der Waals surface area (Å²) in [5.41, 5.74) is 2.40. The predicted molar refractivity (Wildman–Crippen MR) is 438 cm³/mol. The van der Waals surface area contributed by atoms with Crippen LogP contribution in [0.1, 0.15) is 145 Å². The van der Waals surface area contributed by atoms with Crippen molar-refractivity contribution in [3.63, 3.8) is 0 Å².